The summed E-state index contributed by atoms with van der Waals surface area (Å²) >= 11 is 0. The van der Waals surface area contributed by atoms with Crippen LogP contribution in [0.1, 0.15) is 56.7 Å². The maximum Gasteiger partial charge on any atom is 0.256 e. The summed E-state index contributed by atoms with van der Waals surface area (Å²) in [4.78, 5) is 16.5. The molecule has 4 nitrogen and oxygen atoms in total. The molecule has 0 aromatic heterocycles. The summed E-state index contributed by atoms with van der Waals surface area (Å²) in [6.07, 6.45) is 2.59. The topological polar surface area (TPSA) is 53.5 Å². The summed E-state index contributed by atoms with van der Waals surface area (Å²) in [5, 5.41) is 6.01. The zero-order chi connectivity index (χ0) is 14.3. The number of hydrogen-bond acceptors (Lipinski definition) is 3. The molecule has 0 spiro atoms. The van der Waals surface area contributed by atoms with Crippen LogP contribution in [0.2, 0.25) is 0 Å². The van der Waals surface area contributed by atoms with E-state index < -0.39 is 6.04 Å². The molecule has 1 aromatic carbocycles. The SMILES string of the molecule is CC(C)(C)NC1=NC(c2ccc(C3CC3)cc2)C(=O)N1. The van der Waals surface area contributed by atoms with Gasteiger partial charge in [-0.3, -0.25) is 10.1 Å². The largest absolute Gasteiger partial charge is 0.351 e. The molecule has 1 aliphatic heterocycles. The second-order valence-electron chi connectivity index (χ2n) is 6.69. The van der Waals surface area contributed by atoms with Crippen LogP contribution in [-0.4, -0.2) is 17.4 Å². The van der Waals surface area contributed by atoms with Crippen molar-refractivity contribution >= 4 is 11.9 Å². The fraction of sp³-hybridized carbons (Fsp3) is 0.500. The molecule has 106 valence electrons. The molecule has 0 saturated heterocycles. The molecule has 1 unspecified atom stereocenters. The highest BCUT2D eigenvalue weighted by Gasteiger charge is 2.30. The van der Waals surface area contributed by atoms with Crippen LogP contribution >= 0.6 is 0 Å². The second kappa shape index (κ2) is 4.62. The van der Waals surface area contributed by atoms with Gasteiger partial charge in [-0.2, -0.15) is 0 Å². The Morgan fingerprint density at radius 3 is 2.30 bits per heavy atom. The summed E-state index contributed by atoms with van der Waals surface area (Å²) in [7, 11) is 0. The highest BCUT2D eigenvalue weighted by Crippen LogP contribution is 2.40. The lowest BCUT2D eigenvalue weighted by atomic mass is 10.0. The van der Waals surface area contributed by atoms with E-state index in [0.29, 0.717) is 5.96 Å². The van der Waals surface area contributed by atoms with E-state index in [2.05, 4.69) is 27.8 Å². The Balaban J connectivity index is 1.76. The van der Waals surface area contributed by atoms with Gasteiger partial charge in [0.05, 0.1) is 0 Å². The van der Waals surface area contributed by atoms with Gasteiger partial charge in [-0.15, -0.1) is 0 Å². The van der Waals surface area contributed by atoms with Crippen molar-refractivity contribution in [1.29, 1.82) is 0 Å². The van der Waals surface area contributed by atoms with Crippen molar-refractivity contribution in [2.75, 3.05) is 0 Å². The Labute approximate surface area is 119 Å². The minimum atomic E-state index is -0.423. The number of hydrogen-bond donors (Lipinski definition) is 2. The third kappa shape index (κ3) is 2.84. The van der Waals surface area contributed by atoms with Crippen LogP contribution in [0.5, 0.6) is 0 Å². The van der Waals surface area contributed by atoms with Gasteiger partial charge in [0.1, 0.15) is 0 Å². The Morgan fingerprint density at radius 1 is 1.15 bits per heavy atom. The first-order valence-corrected chi connectivity index (χ1v) is 7.19. The molecule has 20 heavy (non-hydrogen) atoms. The number of amides is 1. The number of carbonyl (C=O) groups excluding carboxylic acids is 1. The molecule has 3 rings (SSSR count). The third-order valence-corrected chi connectivity index (χ3v) is 3.54. The minimum Gasteiger partial charge on any atom is -0.351 e. The first kappa shape index (κ1) is 13.2. The number of nitrogens with zero attached hydrogens (tertiary/aromatic N) is 1. The van der Waals surface area contributed by atoms with Crippen LogP contribution in [0, 0.1) is 0 Å². The standard InChI is InChI=1S/C16H21N3O/c1-16(2,3)19-15-17-13(14(20)18-15)12-8-6-11(7-9-12)10-4-5-10/h6-10,13H,4-5H2,1-3H3,(H2,17,18,19,20). The molecular weight excluding hydrogens is 250 g/mol. The molecule has 1 aromatic rings. The Morgan fingerprint density at radius 2 is 1.75 bits per heavy atom. The molecule has 4 heteroatoms. The summed E-state index contributed by atoms with van der Waals surface area (Å²) in [6, 6.07) is 7.90. The zero-order valence-corrected chi connectivity index (χ0v) is 12.2. The first-order chi connectivity index (χ1) is 9.42. The molecule has 0 radical (unpaired) electrons. The smallest absolute Gasteiger partial charge is 0.256 e. The molecular formula is C16H21N3O. The van der Waals surface area contributed by atoms with E-state index in [-0.39, 0.29) is 11.4 Å². The van der Waals surface area contributed by atoms with Crippen LogP contribution in [0.3, 0.4) is 0 Å². The molecule has 2 N–H and O–H groups in total. The van der Waals surface area contributed by atoms with Crippen LogP contribution in [-0.2, 0) is 4.79 Å². The summed E-state index contributed by atoms with van der Waals surface area (Å²) < 4.78 is 0. The quantitative estimate of drug-likeness (QED) is 0.868. The molecule has 2 aliphatic rings. The van der Waals surface area contributed by atoms with Gasteiger partial charge in [-0.25, -0.2) is 4.99 Å². The normalized spacial score (nSPS) is 22.4. The van der Waals surface area contributed by atoms with Gasteiger partial charge in [0.25, 0.3) is 5.91 Å². The average Bonchev–Trinajstić information content (AvgIpc) is 3.13. The van der Waals surface area contributed by atoms with Crippen molar-refractivity contribution in [3.63, 3.8) is 0 Å². The van der Waals surface area contributed by atoms with Gasteiger partial charge < -0.3 is 5.32 Å². The van der Waals surface area contributed by atoms with Crippen molar-refractivity contribution in [1.82, 2.24) is 10.6 Å². The summed E-state index contributed by atoms with van der Waals surface area (Å²) in [5.74, 6) is 1.25. The van der Waals surface area contributed by atoms with Crippen molar-refractivity contribution < 1.29 is 4.79 Å². The summed E-state index contributed by atoms with van der Waals surface area (Å²) in [6.45, 7) is 6.12. The van der Waals surface area contributed by atoms with Gasteiger partial charge >= 0.3 is 0 Å². The van der Waals surface area contributed by atoms with E-state index in [0.717, 1.165) is 11.5 Å². The number of guanidine groups is 1. The van der Waals surface area contributed by atoms with Gasteiger partial charge in [0.15, 0.2) is 12.0 Å². The van der Waals surface area contributed by atoms with Crippen molar-refractivity contribution in [2.45, 2.75) is 51.1 Å². The Hall–Kier alpha value is -1.84. The second-order valence-corrected chi connectivity index (χ2v) is 6.69. The summed E-state index contributed by atoms with van der Waals surface area (Å²) in [5.41, 5.74) is 2.22. The van der Waals surface area contributed by atoms with Gasteiger partial charge in [0, 0.05) is 5.54 Å². The Bertz CT molecular complexity index is 550. The average molecular weight is 271 g/mol. The predicted molar refractivity (Wildman–Crippen MR) is 79.6 cm³/mol. The van der Waals surface area contributed by atoms with E-state index in [1.165, 1.54) is 18.4 Å². The highest BCUT2D eigenvalue weighted by atomic mass is 16.2. The molecule has 1 atom stereocenters. The Kier molecular flexibility index (Phi) is 3.04. The number of benzene rings is 1. The molecule has 0 bridgehead atoms. The van der Waals surface area contributed by atoms with Crippen molar-refractivity contribution in [3.05, 3.63) is 35.4 Å². The maximum atomic E-state index is 12.0. The van der Waals surface area contributed by atoms with Gasteiger partial charge in [-0.05, 0) is 50.7 Å². The fourth-order valence-corrected chi connectivity index (χ4v) is 2.42. The van der Waals surface area contributed by atoms with E-state index in [1.54, 1.807) is 0 Å². The number of aliphatic imine (C=N–C) groups is 1. The van der Waals surface area contributed by atoms with Crippen LogP contribution in [0.15, 0.2) is 29.3 Å². The number of carbonyl (C=O) groups is 1. The maximum absolute atomic E-state index is 12.0. The van der Waals surface area contributed by atoms with Crippen LogP contribution < -0.4 is 10.6 Å². The molecule has 1 fully saturated rings. The number of rotatable bonds is 2. The van der Waals surface area contributed by atoms with Crippen molar-refractivity contribution in [2.24, 2.45) is 4.99 Å². The van der Waals surface area contributed by atoms with E-state index in [1.807, 2.05) is 32.9 Å². The minimum absolute atomic E-state index is 0.0593. The zero-order valence-electron chi connectivity index (χ0n) is 12.2. The molecule has 1 saturated carbocycles. The fourth-order valence-electron chi connectivity index (χ4n) is 2.42. The van der Waals surface area contributed by atoms with Crippen LogP contribution in [0.25, 0.3) is 0 Å². The van der Waals surface area contributed by atoms with Gasteiger partial charge in [0.2, 0.25) is 0 Å². The molecule has 1 amide bonds. The lowest BCUT2D eigenvalue weighted by molar-refractivity contribution is -0.120. The lowest BCUT2D eigenvalue weighted by Gasteiger charge is -2.21. The van der Waals surface area contributed by atoms with Crippen molar-refractivity contribution in [3.8, 4) is 0 Å². The molecule has 1 aliphatic carbocycles. The monoisotopic (exact) mass is 271 g/mol. The number of nitrogens with one attached hydrogen (secondary N) is 2. The van der Waals surface area contributed by atoms with E-state index in [9.17, 15) is 4.79 Å². The van der Waals surface area contributed by atoms with Crippen LogP contribution in [0.4, 0.5) is 0 Å². The highest BCUT2D eigenvalue weighted by molar-refractivity contribution is 6.05. The third-order valence-electron chi connectivity index (χ3n) is 3.54. The predicted octanol–water partition coefficient (Wildman–Crippen LogP) is 2.48. The lowest BCUT2D eigenvalue weighted by Crippen LogP contribution is -2.46. The molecule has 1 heterocycles. The van der Waals surface area contributed by atoms with E-state index >= 15 is 0 Å². The first-order valence-electron chi connectivity index (χ1n) is 7.19. The van der Waals surface area contributed by atoms with E-state index in [4.69, 9.17) is 0 Å². The van der Waals surface area contributed by atoms with Gasteiger partial charge in [-0.1, -0.05) is 24.3 Å².